The smallest absolute Gasteiger partial charge is 0.255 e. The molecule has 2 saturated heterocycles. The summed E-state index contributed by atoms with van der Waals surface area (Å²) >= 11 is 6.21. The molecule has 4 rings (SSSR count). The van der Waals surface area contributed by atoms with Crippen molar-refractivity contribution in [3.05, 3.63) is 52.4 Å². The predicted molar refractivity (Wildman–Crippen MR) is 191 cm³/mol. The van der Waals surface area contributed by atoms with E-state index >= 15 is 0 Å². The molecular formula is C35H52ClFN4O5SSi. The van der Waals surface area contributed by atoms with Crippen molar-refractivity contribution in [2.75, 3.05) is 23.7 Å². The van der Waals surface area contributed by atoms with Gasteiger partial charge in [0.1, 0.15) is 11.6 Å². The van der Waals surface area contributed by atoms with E-state index in [4.69, 9.17) is 21.0 Å². The molecule has 3 heterocycles. The summed E-state index contributed by atoms with van der Waals surface area (Å²) in [6.07, 6.45) is 1.73. The summed E-state index contributed by atoms with van der Waals surface area (Å²) in [5.74, 6) is -0.535. The average molecular weight is 723 g/mol. The molecule has 1 N–H and O–H groups in total. The molecule has 0 saturated carbocycles. The first-order valence-electron chi connectivity index (χ1n) is 16.6. The van der Waals surface area contributed by atoms with Crippen molar-refractivity contribution in [2.45, 2.75) is 122 Å². The van der Waals surface area contributed by atoms with Crippen LogP contribution in [0.25, 0.3) is 0 Å². The minimum absolute atomic E-state index is 0.00769. The number of nitrogens with one attached hydrogen (secondary N) is 1. The minimum atomic E-state index is -3.69. The number of carbonyl (C=O) groups is 2. The zero-order chi connectivity index (χ0) is 36.0. The van der Waals surface area contributed by atoms with E-state index in [2.05, 4.69) is 44.1 Å². The molecule has 1 aromatic heterocycles. The quantitative estimate of drug-likeness (QED) is 0.263. The lowest BCUT2D eigenvalue weighted by atomic mass is 10.0. The van der Waals surface area contributed by atoms with E-state index < -0.39 is 35.0 Å². The molecule has 2 unspecified atom stereocenters. The Morgan fingerprint density at radius 1 is 1.02 bits per heavy atom. The van der Waals surface area contributed by atoms with E-state index in [0.717, 1.165) is 18.9 Å². The number of anilines is 1. The van der Waals surface area contributed by atoms with Gasteiger partial charge in [-0.1, -0.05) is 53.1 Å². The van der Waals surface area contributed by atoms with E-state index in [9.17, 15) is 22.4 Å². The fraction of sp³-hybridized carbons (Fsp3) is 0.629. The summed E-state index contributed by atoms with van der Waals surface area (Å²) in [5, 5.41) is 3.01. The summed E-state index contributed by atoms with van der Waals surface area (Å²) in [4.78, 5) is 35.5. The molecule has 0 spiro atoms. The van der Waals surface area contributed by atoms with Crippen LogP contribution in [0.2, 0.25) is 23.2 Å². The molecule has 9 nitrogen and oxygen atoms in total. The second kappa shape index (κ2) is 13.6. The highest BCUT2D eigenvalue weighted by atomic mass is 35.5. The Kier molecular flexibility index (Phi) is 10.9. The standard InChI is InChI=1S/C35H52ClFN4O5SSi/c1-33(2,3)22-47(44,45)27-16-24(19-38-31(42)18-35(7,8)46-48(9,10)34(4,5)6)39-30(17-27)41-25-12-13-26(41)21-40(20-25)32(43)28-14-11-23(37)15-29(28)36/h11,14-17,25-26H,12-13,18-22H2,1-10H3,(H,38,42). The molecule has 0 aliphatic carbocycles. The van der Waals surface area contributed by atoms with Crippen LogP contribution in [0.15, 0.2) is 35.2 Å². The van der Waals surface area contributed by atoms with E-state index in [-0.39, 0.29) is 63.1 Å². The number of fused-ring (bicyclic) bond motifs is 2. The van der Waals surface area contributed by atoms with Gasteiger partial charge in [-0.2, -0.15) is 0 Å². The van der Waals surface area contributed by atoms with Gasteiger partial charge in [0.15, 0.2) is 18.2 Å². The number of benzene rings is 1. The lowest BCUT2D eigenvalue weighted by Crippen LogP contribution is -2.55. The highest BCUT2D eigenvalue weighted by molar-refractivity contribution is 7.91. The van der Waals surface area contributed by atoms with Crippen molar-refractivity contribution in [3.8, 4) is 0 Å². The number of sulfone groups is 1. The normalized spacial score (nSPS) is 19.1. The Morgan fingerprint density at radius 3 is 2.17 bits per heavy atom. The molecule has 2 aliphatic heterocycles. The van der Waals surface area contributed by atoms with Crippen molar-refractivity contribution in [2.24, 2.45) is 5.41 Å². The monoisotopic (exact) mass is 722 g/mol. The third-order valence-corrected chi connectivity index (χ3v) is 16.6. The van der Waals surface area contributed by atoms with Crippen LogP contribution in [0.3, 0.4) is 0 Å². The van der Waals surface area contributed by atoms with Gasteiger partial charge in [0.25, 0.3) is 5.91 Å². The number of aromatic nitrogens is 1. The fourth-order valence-corrected chi connectivity index (χ4v) is 10.3. The van der Waals surface area contributed by atoms with Gasteiger partial charge in [-0.25, -0.2) is 17.8 Å². The van der Waals surface area contributed by atoms with E-state index in [0.29, 0.717) is 24.6 Å². The number of hydrogen-bond donors (Lipinski definition) is 1. The van der Waals surface area contributed by atoms with Crippen LogP contribution >= 0.6 is 11.6 Å². The van der Waals surface area contributed by atoms with Crippen LogP contribution < -0.4 is 10.2 Å². The molecule has 2 amide bonds. The number of hydrogen-bond acceptors (Lipinski definition) is 7. The Labute approximate surface area is 292 Å². The summed E-state index contributed by atoms with van der Waals surface area (Å²) < 4.78 is 47.5. The third kappa shape index (κ3) is 9.16. The van der Waals surface area contributed by atoms with E-state index in [1.165, 1.54) is 12.1 Å². The van der Waals surface area contributed by atoms with Crippen LogP contribution in [0.4, 0.5) is 10.2 Å². The summed E-state index contributed by atoms with van der Waals surface area (Å²) in [5.41, 5.74) is -0.473. The van der Waals surface area contributed by atoms with Gasteiger partial charge in [0.05, 0.1) is 45.5 Å². The molecule has 2 aliphatic rings. The maximum atomic E-state index is 13.7. The van der Waals surface area contributed by atoms with E-state index in [1.54, 1.807) is 17.0 Å². The topological polar surface area (TPSA) is 109 Å². The molecule has 13 heteroatoms. The number of likely N-dealkylation sites (tertiary alicyclic amines) is 1. The fourth-order valence-electron chi connectivity index (χ4n) is 6.39. The first-order valence-corrected chi connectivity index (χ1v) is 21.5. The molecular weight excluding hydrogens is 671 g/mol. The largest absolute Gasteiger partial charge is 0.411 e. The molecule has 2 atom stereocenters. The van der Waals surface area contributed by atoms with Crippen LogP contribution in [0.1, 0.15) is 90.7 Å². The molecule has 48 heavy (non-hydrogen) atoms. The van der Waals surface area contributed by atoms with Crippen molar-refractivity contribution in [1.82, 2.24) is 15.2 Å². The summed E-state index contributed by atoms with van der Waals surface area (Å²) in [6.45, 7) is 21.1. The Morgan fingerprint density at radius 2 is 1.62 bits per heavy atom. The molecule has 266 valence electrons. The highest BCUT2D eigenvalue weighted by Crippen LogP contribution is 2.40. The molecule has 1 aromatic carbocycles. The number of nitrogens with zero attached hydrogens (tertiary/aromatic N) is 3. The molecule has 2 fully saturated rings. The first-order chi connectivity index (χ1) is 21.9. The second-order valence-electron chi connectivity index (χ2n) is 16.7. The van der Waals surface area contributed by atoms with Crippen molar-refractivity contribution < 1.29 is 26.8 Å². The van der Waals surface area contributed by atoms with Crippen LogP contribution in [-0.2, 0) is 25.6 Å². The lowest BCUT2D eigenvalue weighted by Gasteiger charge is -2.42. The van der Waals surface area contributed by atoms with Crippen LogP contribution in [0, 0.1) is 11.2 Å². The number of pyridine rings is 1. The SMILES string of the molecule is CC(C)(C)CS(=O)(=O)c1cc(CNC(=O)CC(C)(C)O[Si](C)(C)C(C)(C)C)nc(N2C3CCC2CN(C(=O)c2ccc(F)cc2Cl)C3)c1. The predicted octanol–water partition coefficient (Wildman–Crippen LogP) is 6.99. The zero-order valence-corrected chi connectivity index (χ0v) is 32.6. The van der Waals surface area contributed by atoms with E-state index in [1.807, 2.05) is 34.6 Å². The van der Waals surface area contributed by atoms with Crippen LogP contribution in [-0.4, -0.2) is 75.0 Å². The number of piperazine rings is 1. The maximum absolute atomic E-state index is 13.7. The van der Waals surface area contributed by atoms with Crippen LogP contribution in [0.5, 0.6) is 0 Å². The molecule has 2 bridgehead atoms. The van der Waals surface area contributed by atoms with Gasteiger partial charge in [0.2, 0.25) is 5.91 Å². The number of amides is 2. The Bertz CT molecular complexity index is 1640. The third-order valence-electron chi connectivity index (χ3n) is 9.41. The number of halogens is 2. The van der Waals surface area contributed by atoms with Gasteiger partial charge < -0.3 is 19.5 Å². The van der Waals surface area contributed by atoms with Gasteiger partial charge in [-0.05, 0) is 80.6 Å². The zero-order valence-electron chi connectivity index (χ0n) is 30.0. The van der Waals surface area contributed by atoms with Gasteiger partial charge in [-0.3, -0.25) is 9.59 Å². The second-order valence-corrected chi connectivity index (χ2v) is 23.8. The molecule has 2 aromatic rings. The average Bonchev–Trinajstić information content (AvgIpc) is 3.17. The van der Waals surface area contributed by atoms with Gasteiger partial charge >= 0.3 is 0 Å². The summed E-state index contributed by atoms with van der Waals surface area (Å²) in [6, 6.07) is 6.74. The minimum Gasteiger partial charge on any atom is -0.411 e. The van der Waals surface area contributed by atoms with Crippen molar-refractivity contribution in [3.63, 3.8) is 0 Å². The van der Waals surface area contributed by atoms with Gasteiger partial charge in [0, 0.05) is 25.2 Å². The Hall–Kier alpha value is -2.54. The Balaban J connectivity index is 1.58. The highest BCUT2D eigenvalue weighted by Gasteiger charge is 2.44. The summed E-state index contributed by atoms with van der Waals surface area (Å²) in [7, 11) is -5.81. The maximum Gasteiger partial charge on any atom is 0.255 e. The lowest BCUT2D eigenvalue weighted by molar-refractivity contribution is -0.124. The van der Waals surface area contributed by atoms with Gasteiger partial charge in [-0.15, -0.1) is 0 Å². The number of rotatable bonds is 10. The number of carbonyl (C=O) groups excluding carboxylic acids is 2. The van der Waals surface area contributed by atoms with Crippen molar-refractivity contribution >= 4 is 47.4 Å². The molecule has 0 radical (unpaired) electrons. The first kappa shape index (κ1) is 38.3. The van der Waals surface area contributed by atoms with Crippen molar-refractivity contribution in [1.29, 1.82) is 0 Å².